The SMILES string of the molecule is CO[C@@H]1[C@H]2C[C@@H]3CN(c4snc(Cl)c4C#N)[C@@H]1[C@H]3C2. The summed E-state index contributed by atoms with van der Waals surface area (Å²) in [7, 11) is 1.81. The second kappa shape index (κ2) is 4.08. The number of hydrogen-bond donors (Lipinski definition) is 0. The van der Waals surface area contributed by atoms with Crippen molar-refractivity contribution in [3.63, 3.8) is 0 Å². The van der Waals surface area contributed by atoms with E-state index in [0.29, 0.717) is 28.8 Å². The number of nitrogens with zero attached hydrogens (tertiary/aromatic N) is 3. The van der Waals surface area contributed by atoms with E-state index in [0.717, 1.165) is 23.4 Å². The van der Waals surface area contributed by atoms with Gasteiger partial charge >= 0.3 is 0 Å². The van der Waals surface area contributed by atoms with E-state index in [1.54, 1.807) is 0 Å². The topological polar surface area (TPSA) is 49.1 Å². The van der Waals surface area contributed by atoms with Crippen molar-refractivity contribution in [1.29, 1.82) is 5.26 Å². The summed E-state index contributed by atoms with van der Waals surface area (Å²) in [4.78, 5) is 2.35. The van der Waals surface area contributed by atoms with E-state index in [1.807, 2.05) is 7.11 Å². The zero-order valence-corrected chi connectivity index (χ0v) is 12.1. The van der Waals surface area contributed by atoms with Gasteiger partial charge in [-0.3, -0.25) is 0 Å². The van der Waals surface area contributed by atoms with Gasteiger partial charge in [-0.15, -0.1) is 0 Å². The zero-order chi connectivity index (χ0) is 13.1. The number of ether oxygens (including phenoxy) is 1. The first-order chi connectivity index (χ1) is 9.24. The number of fused-ring (bicyclic) bond motifs is 1. The van der Waals surface area contributed by atoms with Crippen LogP contribution < -0.4 is 4.90 Å². The van der Waals surface area contributed by atoms with Crippen LogP contribution in [0.1, 0.15) is 18.4 Å². The highest BCUT2D eigenvalue weighted by Crippen LogP contribution is 2.57. The monoisotopic (exact) mass is 295 g/mol. The zero-order valence-electron chi connectivity index (χ0n) is 10.5. The van der Waals surface area contributed by atoms with Crippen molar-refractivity contribution in [2.45, 2.75) is 25.0 Å². The summed E-state index contributed by atoms with van der Waals surface area (Å²) in [5.74, 6) is 2.18. The second-order valence-corrected chi connectivity index (χ2v) is 6.87. The van der Waals surface area contributed by atoms with Crippen molar-refractivity contribution >= 4 is 28.1 Å². The van der Waals surface area contributed by atoms with Gasteiger partial charge < -0.3 is 9.64 Å². The molecule has 0 spiro atoms. The summed E-state index contributed by atoms with van der Waals surface area (Å²) < 4.78 is 9.87. The predicted octanol–water partition coefficient (Wildman–Crippen LogP) is 2.53. The lowest BCUT2D eigenvalue weighted by atomic mass is 9.88. The molecule has 0 N–H and O–H groups in total. The van der Waals surface area contributed by atoms with Gasteiger partial charge in [0.25, 0.3) is 0 Å². The van der Waals surface area contributed by atoms with E-state index >= 15 is 0 Å². The summed E-state index contributed by atoms with van der Waals surface area (Å²) in [5, 5.41) is 10.5. The van der Waals surface area contributed by atoms with Gasteiger partial charge in [-0.2, -0.15) is 9.64 Å². The molecule has 3 fully saturated rings. The third-order valence-corrected chi connectivity index (χ3v) is 6.35. The molecule has 4 rings (SSSR count). The highest BCUT2D eigenvalue weighted by molar-refractivity contribution is 7.10. The Hall–Kier alpha value is -0.830. The molecule has 2 bridgehead atoms. The molecule has 4 nitrogen and oxygen atoms in total. The number of halogens is 1. The predicted molar refractivity (Wildman–Crippen MR) is 73.5 cm³/mol. The molecule has 2 heterocycles. The molecular formula is C13H14ClN3OS. The van der Waals surface area contributed by atoms with Gasteiger partial charge in [-0.05, 0) is 42.1 Å². The van der Waals surface area contributed by atoms with Crippen LogP contribution in [-0.4, -0.2) is 30.2 Å². The Bertz CT molecular complexity index is 567. The minimum atomic E-state index is 0.302. The number of methoxy groups -OCH3 is 1. The lowest BCUT2D eigenvalue weighted by molar-refractivity contribution is 0.0448. The number of anilines is 1. The van der Waals surface area contributed by atoms with Crippen LogP contribution in [0.25, 0.3) is 0 Å². The molecule has 5 atom stereocenters. The molecule has 2 aliphatic carbocycles. The number of aromatic nitrogens is 1. The molecule has 19 heavy (non-hydrogen) atoms. The number of nitriles is 1. The summed E-state index contributed by atoms with van der Waals surface area (Å²) in [6, 6.07) is 2.61. The van der Waals surface area contributed by atoms with Crippen molar-refractivity contribution < 1.29 is 4.74 Å². The lowest BCUT2D eigenvalue weighted by Crippen LogP contribution is -2.41. The Morgan fingerprint density at radius 1 is 1.47 bits per heavy atom. The number of hydrogen-bond acceptors (Lipinski definition) is 5. The van der Waals surface area contributed by atoms with Gasteiger partial charge in [-0.25, -0.2) is 0 Å². The smallest absolute Gasteiger partial charge is 0.162 e. The molecule has 0 amide bonds. The van der Waals surface area contributed by atoms with Crippen LogP contribution in [-0.2, 0) is 4.74 Å². The molecule has 3 aliphatic rings. The number of rotatable bonds is 2. The molecule has 1 aromatic heterocycles. The van der Waals surface area contributed by atoms with Crippen LogP contribution in [0.4, 0.5) is 5.00 Å². The Kier molecular flexibility index (Phi) is 2.57. The van der Waals surface area contributed by atoms with E-state index in [9.17, 15) is 5.26 Å². The summed E-state index contributed by atoms with van der Waals surface area (Å²) in [5.41, 5.74) is 0.534. The minimum Gasteiger partial charge on any atom is -0.379 e. The third-order valence-electron chi connectivity index (χ3n) is 5.09. The maximum absolute atomic E-state index is 9.26. The van der Waals surface area contributed by atoms with Crippen LogP contribution >= 0.6 is 23.1 Å². The molecule has 1 saturated heterocycles. The van der Waals surface area contributed by atoms with E-state index < -0.39 is 0 Å². The van der Waals surface area contributed by atoms with Gasteiger partial charge in [0, 0.05) is 13.7 Å². The van der Waals surface area contributed by atoms with Crippen molar-refractivity contribution in [2.75, 3.05) is 18.6 Å². The van der Waals surface area contributed by atoms with Gasteiger partial charge in [0.1, 0.15) is 16.6 Å². The quantitative estimate of drug-likeness (QED) is 0.841. The molecule has 0 radical (unpaired) electrons. The van der Waals surface area contributed by atoms with Gasteiger partial charge in [0.15, 0.2) is 5.15 Å². The molecule has 1 aliphatic heterocycles. The van der Waals surface area contributed by atoms with Crippen LogP contribution in [0.2, 0.25) is 5.15 Å². The maximum atomic E-state index is 9.26. The fourth-order valence-corrected chi connectivity index (χ4v) is 5.59. The van der Waals surface area contributed by atoms with Gasteiger partial charge in [0.05, 0.1) is 12.1 Å². The van der Waals surface area contributed by atoms with Crippen molar-refractivity contribution in [2.24, 2.45) is 17.8 Å². The van der Waals surface area contributed by atoms with E-state index in [-0.39, 0.29) is 0 Å². The van der Waals surface area contributed by atoms with E-state index in [4.69, 9.17) is 16.3 Å². The largest absolute Gasteiger partial charge is 0.379 e. The molecule has 0 aromatic carbocycles. The average Bonchev–Trinajstić information content (AvgIpc) is 3.08. The normalized spacial score (nSPS) is 39.0. The van der Waals surface area contributed by atoms with Crippen molar-refractivity contribution in [3.05, 3.63) is 10.7 Å². The van der Waals surface area contributed by atoms with Crippen LogP contribution in [0.5, 0.6) is 0 Å². The fraction of sp³-hybridized carbons (Fsp3) is 0.692. The van der Waals surface area contributed by atoms with Gasteiger partial charge in [-0.1, -0.05) is 11.6 Å². The van der Waals surface area contributed by atoms with Crippen LogP contribution in [0.3, 0.4) is 0 Å². The first-order valence-corrected chi connectivity index (χ1v) is 7.74. The first-order valence-electron chi connectivity index (χ1n) is 6.59. The highest BCUT2D eigenvalue weighted by atomic mass is 35.5. The Labute approximate surface area is 121 Å². The van der Waals surface area contributed by atoms with Crippen molar-refractivity contribution in [1.82, 2.24) is 4.37 Å². The minimum absolute atomic E-state index is 0.302. The van der Waals surface area contributed by atoms with Crippen LogP contribution in [0.15, 0.2) is 0 Å². The Morgan fingerprint density at radius 2 is 2.32 bits per heavy atom. The van der Waals surface area contributed by atoms with E-state index in [1.165, 1.54) is 24.4 Å². The van der Waals surface area contributed by atoms with Crippen LogP contribution in [0, 0.1) is 29.1 Å². The fourth-order valence-electron chi connectivity index (χ4n) is 4.51. The van der Waals surface area contributed by atoms with E-state index in [2.05, 4.69) is 15.3 Å². The third kappa shape index (κ3) is 1.45. The molecule has 6 heteroatoms. The summed E-state index contributed by atoms with van der Waals surface area (Å²) in [6.07, 6.45) is 2.85. The highest BCUT2D eigenvalue weighted by Gasteiger charge is 2.60. The summed E-state index contributed by atoms with van der Waals surface area (Å²) >= 11 is 7.35. The summed E-state index contributed by atoms with van der Waals surface area (Å²) in [6.45, 7) is 1.03. The lowest BCUT2D eigenvalue weighted by Gasteiger charge is -2.31. The molecule has 2 saturated carbocycles. The maximum Gasteiger partial charge on any atom is 0.162 e. The second-order valence-electron chi connectivity index (χ2n) is 5.76. The molecular weight excluding hydrogens is 282 g/mol. The average molecular weight is 296 g/mol. The Morgan fingerprint density at radius 3 is 3.05 bits per heavy atom. The molecule has 0 unspecified atom stereocenters. The molecule has 100 valence electrons. The standard InChI is InChI=1S/C13H14ClN3OS/c1-18-11-6-2-7-5-17(10(11)8(7)3-6)13-9(4-15)12(14)16-19-13/h6-8,10-11H,2-3,5H2,1H3/t6-,7+,8-,10+,11+/m0/s1. The van der Waals surface area contributed by atoms with Crippen molar-refractivity contribution in [3.8, 4) is 6.07 Å². The van der Waals surface area contributed by atoms with Gasteiger partial charge in [0.2, 0.25) is 0 Å². The first kappa shape index (κ1) is 12.0. The Balaban J connectivity index is 1.75. The molecule has 1 aromatic rings.